The normalized spacial score (nSPS) is 20.8. The van der Waals surface area contributed by atoms with Crippen molar-refractivity contribution in [3.8, 4) is 5.75 Å². The molecule has 2 N–H and O–H groups in total. The molecule has 1 unspecified atom stereocenters. The highest BCUT2D eigenvalue weighted by Crippen LogP contribution is 2.30. The second-order valence-electron chi connectivity index (χ2n) is 8.02. The number of amidine groups is 1. The quantitative estimate of drug-likeness (QED) is 0.676. The van der Waals surface area contributed by atoms with Crippen molar-refractivity contribution in [2.45, 2.75) is 45.7 Å². The summed E-state index contributed by atoms with van der Waals surface area (Å²) < 4.78 is 0. The lowest BCUT2D eigenvalue weighted by molar-refractivity contribution is 0.248. The Morgan fingerprint density at radius 3 is 2.50 bits per heavy atom. The van der Waals surface area contributed by atoms with E-state index in [-0.39, 0.29) is 5.54 Å². The van der Waals surface area contributed by atoms with E-state index in [1.807, 2.05) is 36.4 Å². The van der Waals surface area contributed by atoms with Gasteiger partial charge in [0.05, 0.1) is 12.1 Å². The highest BCUT2D eigenvalue weighted by Gasteiger charge is 2.45. The first-order valence-corrected chi connectivity index (χ1v) is 10.2. The molecule has 1 aliphatic rings. The summed E-state index contributed by atoms with van der Waals surface area (Å²) in [5.74, 6) is 1.76. The van der Waals surface area contributed by atoms with Crippen molar-refractivity contribution in [2.24, 2.45) is 10.9 Å². The predicted octanol–water partition coefficient (Wildman–Crippen LogP) is 4.53. The molecule has 1 atom stereocenters. The summed E-state index contributed by atoms with van der Waals surface area (Å²) in [5.41, 5.74) is 2.04. The summed E-state index contributed by atoms with van der Waals surface area (Å²) in [6, 6.07) is 17.7. The van der Waals surface area contributed by atoms with Crippen LogP contribution >= 0.6 is 12.2 Å². The molecule has 5 heteroatoms. The Hall–Kier alpha value is -2.40. The molecule has 0 bridgehead atoms. The monoisotopic (exact) mass is 395 g/mol. The average molecular weight is 396 g/mol. The number of nitrogens with one attached hydrogen (secondary N) is 1. The summed E-state index contributed by atoms with van der Waals surface area (Å²) in [4.78, 5) is 7.17. The fraction of sp³-hybridized carbons (Fsp3) is 0.391. The number of thiocarbonyl (C=S) groups is 1. The lowest BCUT2D eigenvalue weighted by Crippen LogP contribution is -2.48. The molecule has 1 heterocycles. The molecule has 0 amide bonds. The van der Waals surface area contributed by atoms with Crippen molar-refractivity contribution in [1.82, 2.24) is 10.2 Å². The van der Waals surface area contributed by atoms with Crippen molar-refractivity contribution in [1.29, 1.82) is 0 Å². The van der Waals surface area contributed by atoms with Crippen LogP contribution in [0.15, 0.2) is 59.6 Å². The molecule has 3 rings (SSSR count). The van der Waals surface area contributed by atoms with E-state index in [4.69, 9.17) is 17.2 Å². The summed E-state index contributed by atoms with van der Waals surface area (Å²) >= 11 is 5.68. The van der Waals surface area contributed by atoms with Gasteiger partial charge in [0.15, 0.2) is 5.11 Å². The zero-order valence-electron chi connectivity index (χ0n) is 16.9. The zero-order chi connectivity index (χ0) is 20.1. The minimum absolute atomic E-state index is 0.253. The molecule has 1 fully saturated rings. The third kappa shape index (κ3) is 4.71. The van der Waals surface area contributed by atoms with Crippen LogP contribution in [0.2, 0.25) is 0 Å². The SMILES string of the molecule is CC(C)CC1(C)C(=NCc2ccccc2)NC(=S)N1CCc1cccc(O)c1. The molecule has 0 radical (unpaired) electrons. The summed E-state index contributed by atoms with van der Waals surface area (Å²) in [6.45, 7) is 8.11. The van der Waals surface area contributed by atoms with Gasteiger partial charge >= 0.3 is 0 Å². The lowest BCUT2D eigenvalue weighted by Gasteiger charge is -2.36. The van der Waals surface area contributed by atoms with Crippen molar-refractivity contribution in [3.05, 3.63) is 65.7 Å². The summed E-state index contributed by atoms with van der Waals surface area (Å²) in [5, 5.41) is 13.8. The standard InChI is InChI=1S/C23H29N3OS/c1-17(2)15-23(3)21(24-16-19-8-5-4-6-9-19)25-22(28)26(23)13-12-18-10-7-11-20(27)14-18/h4-11,14,17,27H,12-13,15-16H2,1-3H3,(H,24,25,28). The maximum absolute atomic E-state index is 9.73. The van der Waals surface area contributed by atoms with Crippen LogP contribution in [0.1, 0.15) is 38.3 Å². The lowest BCUT2D eigenvalue weighted by atomic mass is 9.88. The first-order chi connectivity index (χ1) is 13.4. The largest absolute Gasteiger partial charge is 0.508 e. The van der Waals surface area contributed by atoms with Gasteiger partial charge in [0, 0.05) is 6.54 Å². The van der Waals surface area contributed by atoms with Crippen molar-refractivity contribution < 1.29 is 5.11 Å². The van der Waals surface area contributed by atoms with Gasteiger partial charge in [-0.15, -0.1) is 0 Å². The molecule has 2 aromatic carbocycles. The third-order valence-corrected chi connectivity index (χ3v) is 5.50. The number of nitrogens with zero attached hydrogens (tertiary/aromatic N) is 2. The van der Waals surface area contributed by atoms with Gasteiger partial charge in [0.1, 0.15) is 11.6 Å². The Morgan fingerprint density at radius 2 is 1.82 bits per heavy atom. The predicted molar refractivity (Wildman–Crippen MR) is 120 cm³/mol. The van der Waals surface area contributed by atoms with Crippen molar-refractivity contribution >= 4 is 23.2 Å². The fourth-order valence-corrected chi connectivity index (χ4v) is 4.31. The van der Waals surface area contributed by atoms with Gasteiger partial charge in [-0.05, 0) is 61.2 Å². The smallest absolute Gasteiger partial charge is 0.175 e. The van der Waals surface area contributed by atoms with Crippen LogP contribution in [0.4, 0.5) is 0 Å². The van der Waals surface area contributed by atoms with E-state index in [9.17, 15) is 5.11 Å². The first kappa shape index (κ1) is 20.3. The molecule has 0 spiro atoms. The molecule has 1 saturated heterocycles. The van der Waals surface area contributed by atoms with Gasteiger partial charge in [-0.3, -0.25) is 4.99 Å². The van der Waals surface area contributed by atoms with E-state index in [2.05, 4.69) is 43.1 Å². The van der Waals surface area contributed by atoms with E-state index in [1.54, 1.807) is 6.07 Å². The van der Waals surface area contributed by atoms with Crippen LogP contribution in [0.3, 0.4) is 0 Å². The Labute approximate surface area is 173 Å². The maximum atomic E-state index is 9.73. The second kappa shape index (κ2) is 8.74. The number of rotatable bonds is 7. The molecule has 0 aliphatic carbocycles. The Balaban J connectivity index is 1.81. The molecule has 148 valence electrons. The van der Waals surface area contributed by atoms with Crippen molar-refractivity contribution in [2.75, 3.05) is 6.54 Å². The Bertz CT molecular complexity index is 850. The molecular formula is C23H29N3OS. The van der Waals surface area contributed by atoms with E-state index < -0.39 is 0 Å². The molecule has 2 aromatic rings. The number of aromatic hydroxyl groups is 1. The van der Waals surface area contributed by atoms with Crippen LogP contribution in [-0.4, -0.2) is 33.0 Å². The second-order valence-corrected chi connectivity index (χ2v) is 8.41. The van der Waals surface area contributed by atoms with E-state index >= 15 is 0 Å². The van der Waals surface area contributed by atoms with Crippen LogP contribution < -0.4 is 5.32 Å². The number of hydrogen-bond donors (Lipinski definition) is 2. The molecule has 1 aliphatic heterocycles. The van der Waals surface area contributed by atoms with Crippen LogP contribution in [0.5, 0.6) is 5.75 Å². The highest BCUT2D eigenvalue weighted by molar-refractivity contribution is 7.80. The zero-order valence-corrected chi connectivity index (χ0v) is 17.7. The van der Waals surface area contributed by atoms with Gasteiger partial charge in [-0.2, -0.15) is 0 Å². The maximum Gasteiger partial charge on any atom is 0.175 e. The van der Waals surface area contributed by atoms with Gasteiger partial charge in [-0.1, -0.05) is 56.3 Å². The van der Waals surface area contributed by atoms with E-state index in [0.29, 0.717) is 18.2 Å². The summed E-state index contributed by atoms with van der Waals surface area (Å²) in [6.07, 6.45) is 1.78. The highest BCUT2D eigenvalue weighted by atomic mass is 32.1. The third-order valence-electron chi connectivity index (χ3n) is 5.18. The number of hydrogen-bond acceptors (Lipinski definition) is 3. The van der Waals surface area contributed by atoms with Crippen LogP contribution in [-0.2, 0) is 13.0 Å². The molecule has 0 saturated carbocycles. The summed E-state index contributed by atoms with van der Waals surface area (Å²) in [7, 11) is 0. The van der Waals surface area contributed by atoms with Gasteiger partial charge < -0.3 is 15.3 Å². The topological polar surface area (TPSA) is 47.9 Å². The number of aliphatic imine (C=N–C) groups is 1. The number of benzene rings is 2. The minimum atomic E-state index is -0.253. The van der Waals surface area contributed by atoms with E-state index in [1.165, 1.54) is 5.56 Å². The molecular weight excluding hydrogens is 366 g/mol. The van der Waals surface area contributed by atoms with Gasteiger partial charge in [0.2, 0.25) is 0 Å². The fourth-order valence-electron chi connectivity index (χ4n) is 3.92. The Kier molecular flexibility index (Phi) is 6.35. The van der Waals surface area contributed by atoms with Gasteiger partial charge in [0.25, 0.3) is 0 Å². The van der Waals surface area contributed by atoms with Crippen LogP contribution in [0.25, 0.3) is 0 Å². The first-order valence-electron chi connectivity index (χ1n) is 9.84. The minimum Gasteiger partial charge on any atom is -0.508 e. The number of phenolic OH excluding ortho intramolecular Hbond substituents is 1. The molecule has 28 heavy (non-hydrogen) atoms. The van der Waals surface area contributed by atoms with Crippen LogP contribution in [0, 0.1) is 5.92 Å². The number of phenols is 1. The Morgan fingerprint density at radius 1 is 1.11 bits per heavy atom. The average Bonchev–Trinajstić information content (AvgIpc) is 2.88. The van der Waals surface area contributed by atoms with Crippen molar-refractivity contribution in [3.63, 3.8) is 0 Å². The van der Waals surface area contributed by atoms with E-state index in [0.717, 1.165) is 35.9 Å². The molecule has 4 nitrogen and oxygen atoms in total. The molecule has 0 aromatic heterocycles. The van der Waals surface area contributed by atoms with Gasteiger partial charge in [-0.25, -0.2) is 0 Å².